The fourth-order valence-corrected chi connectivity index (χ4v) is 3.24. The molecule has 0 atom stereocenters. The average molecular weight is 329 g/mol. The Morgan fingerprint density at radius 3 is 2.30 bits per heavy atom. The lowest BCUT2D eigenvalue weighted by atomic mass is 9.98. The molecule has 2 aliphatic rings. The molecule has 0 radical (unpaired) electrons. The summed E-state index contributed by atoms with van der Waals surface area (Å²) in [5, 5.41) is 8.94. The Bertz CT molecular complexity index is 340. The first kappa shape index (κ1) is 18.4. The van der Waals surface area contributed by atoms with Crippen LogP contribution in [-0.2, 0) is 9.47 Å². The second kappa shape index (κ2) is 10.1. The number of piperazine rings is 1. The van der Waals surface area contributed by atoms with Gasteiger partial charge in [0.05, 0.1) is 20.3 Å². The SMILES string of the molecule is COC(=O)N1CCN(CCOCC2CCN(CCO)CC2)CC1. The van der Waals surface area contributed by atoms with Gasteiger partial charge < -0.3 is 24.4 Å². The zero-order chi connectivity index (χ0) is 16.5. The second-order valence-electron chi connectivity index (χ2n) is 6.38. The molecule has 0 aromatic heterocycles. The predicted octanol–water partition coefficient (Wildman–Crippen LogP) is 0.0913. The Kier molecular flexibility index (Phi) is 8.08. The molecular formula is C16H31N3O4. The van der Waals surface area contributed by atoms with Crippen molar-refractivity contribution in [1.82, 2.24) is 14.7 Å². The van der Waals surface area contributed by atoms with Gasteiger partial charge in [0, 0.05) is 45.9 Å². The number of amides is 1. The third-order valence-electron chi connectivity index (χ3n) is 4.83. The second-order valence-corrected chi connectivity index (χ2v) is 6.38. The van der Waals surface area contributed by atoms with E-state index in [1.165, 1.54) is 7.11 Å². The van der Waals surface area contributed by atoms with Gasteiger partial charge in [0.2, 0.25) is 0 Å². The summed E-state index contributed by atoms with van der Waals surface area (Å²) in [6.07, 6.45) is 2.10. The monoisotopic (exact) mass is 329 g/mol. The molecule has 7 nitrogen and oxygen atoms in total. The van der Waals surface area contributed by atoms with Crippen LogP contribution in [0.5, 0.6) is 0 Å². The molecule has 0 bridgehead atoms. The zero-order valence-electron chi connectivity index (χ0n) is 14.3. The molecule has 1 N–H and O–H groups in total. The summed E-state index contributed by atoms with van der Waals surface area (Å²) < 4.78 is 10.6. The molecular weight excluding hydrogens is 298 g/mol. The van der Waals surface area contributed by atoms with Crippen LogP contribution in [0.25, 0.3) is 0 Å². The van der Waals surface area contributed by atoms with E-state index < -0.39 is 0 Å². The van der Waals surface area contributed by atoms with E-state index in [-0.39, 0.29) is 12.7 Å². The van der Waals surface area contributed by atoms with Crippen LogP contribution < -0.4 is 0 Å². The summed E-state index contributed by atoms with van der Waals surface area (Å²) in [4.78, 5) is 17.8. The number of nitrogens with zero attached hydrogens (tertiary/aromatic N) is 3. The summed E-state index contributed by atoms with van der Waals surface area (Å²) in [6.45, 7) is 8.97. The van der Waals surface area contributed by atoms with Crippen LogP contribution in [0.15, 0.2) is 0 Å². The highest BCUT2D eigenvalue weighted by molar-refractivity contribution is 5.67. The zero-order valence-corrected chi connectivity index (χ0v) is 14.3. The summed E-state index contributed by atoms with van der Waals surface area (Å²) in [5.74, 6) is 0.654. The molecule has 0 aromatic carbocycles. The van der Waals surface area contributed by atoms with Gasteiger partial charge in [-0.25, -0.2) is 4.79 Å². The topological polar surface area (TPSA) is 65.5 Å². The fraction of sp³-hybridized carbons (Fsp3) is 0.938. The molecule has 1 amide bonds. The van der Waals surface area contributed by atoms with Crippen molar-refractivity contribution < 1.29 is 19.4 Å². The maximum absolute atomic E-state index is 11.4. The van der Waals surface area contributed by atoms with Gasteiger partial charge in [-0.3, -0.25) is 4.90 Å². The summed E-state index contributed by atoms with van der Waals surface area (Å²) in [7, 11) is 1.43. The molecule has 0 spiro atoms. The molecule has 7 heteroatoms. The van der Waals surface area contributed by atoms with E-state index in [1.54, 1.807) is 4.90 Å². The number of methoxy groups -OCH3 is 1. The Morgan fingerprint density at radius 1 is 1.04 bits per heavy atom. The molecule has 134 valence electrons. The lowest BCUT2D eigenvalue weighted by molar-refractivity contribution is 0.0398. The third kappa shape index (κ3) is 6.25. The molecule has 0 aliphatic carbocycles. The molecule has 23 heavy (non-hydrogen) atoms. The van der Waals surface area contributed by atoms with E-state index in [9.17, 15) is 4.79 Å². The minimum absolute atomic E-state index is 0.228. The van der Waals surface area contributed by atoms with Gasteiger partial charge >= 0.3 is 6.09 Å². The van der Waals surface area contributed by atoms with Gasteiger partial charge in [-0.05, 0) is 31.8 Å². The van der Waals surface area contributed by atoms with Crippen LogP contribution in [0, 0.1) is 5.92 Å². The van der Waals surface area contributed by atoms with Gasteiger partial charge in [0.25, 0.3) is 0 Å². The van der Waals surface area contributed by atoms with Crippen molar-refractivity contribution in [3.05, 3.63) is 0 Å². The first-order valence-corrected chi connectivity index (χ1v) is 8.69. The van der Waals surface area contributed by atoms with Crippen LogP contribution in [0.1, 0.15) is 12.8 Å². The highest BCUT2D eigenvalue weighted by Gasteiger charge is 2.22. The number of β-amino-alcohol motifs (C(OH)–C–C–N with tert-alkyl or cyclic N) is 1. The van der Waals surface area contributed by atoms with Crippen molar-refractivity contribution in [3.63, 3.8) is 0 Å². The molecule has 2 saturated heterocycles. The minimum Gasteiger partial charge on any atom is -0.453 e. The van der Waals surface area contributed by atoms with Crippen molar-refractivity contribution in [2.45, 2.75) is 12.8 Å². The Balaban J connectivity index is 1.49. The van der Waals surface area contributed by atoms with Gasteiger partial charge in [-0.1, -0.05) is 0 Å². The van der Waals surface area contributed by atoms with E-state index in [4.69, 9.17) is 14.6 Å². The lowest BCUT2D eigenvalue weighted by Gasteiger charge is -2.34. The van der Waals surface area contributed by atoms with Gasteiger partial charge in [0.15, 0.2) is 0 Å². The standard InChI is InChI=1S/C16H31N3O4/c1-22-16(21)19-8-6-18(7-9-19)11-13-23-14-15-2-4-17(5-3-15)10-12-20/h15,20H,2-14H2,1H3. The quantitative estimate of drug-likeness (QED) is 0.668. The van der Waals surface area contributed by atoms with E-state index in [1.807, 2.05) is 0 Å². The summed E-state index contributed by atoms with van der Waals surface area (Å²) in [5.41, 5.74) is 0. The Labute approximate surface area is 139 Å². The number of piperidine rings is 1. The van der Waals surface area contributed by atoms with Gasteiger partial charge in [0.1, 0.15) is 0 Å². The first-order valence-electron chi connectivity index (χ1n) is 8.69. The number of ether oxygens (including phenoxy) is 2. The van der Waals surface area contributed by atoms with E-state index in [0.29, 0.717) is 5.92 Å². The Hall–Kier alpha value is -0.890. The molecule has 0 saturated carbocycles. The molecule has 0 unspecified atom stereocenters. The molecule has 2 rings (SSSR count). The van der Waals surface area contributed by atoms with Crippen LogP contribution >= 0.6 is 0 Å². The number of likely N-dealkylation sites (tertiary alicyclic amines) is 1. The Morgan fingerprint density at radius 2 is 1.70 bits per heavy atom. The van der Waals surface area contributed by atoms with Crippen LogP contribution in [-0.4, -0.2) is 105 Å². The van der Waals surface area contributed by atoms with Gasteiger partial charge in [-0.15, -0.1) is 0 Å². The maximum Gasteiger partial charge on any atom is 0.409 e. The highest BCUT2D eigenvalue weighted by Crippen LogP contribution is 2.17. The molecule has 0 aromatic rings. The van der Waals surface area contributed by atoms with Crippen LogP contribution in [0.3, 0.4) is 0 Å². The van der Waals surface area contributed by atoms with Crippen molar-refractivity contribution in [2.24, 2.45) is 5.92 Å². The van der Waals surface area contributed by atoms with Gasteiger partial charge in [-0.2, -0.15) is 0 Å². The van der Waals surface area contributed by atoms with Crippen molar-refractivity contribution in [2.75, 3.05) is 79.3 Å². The van der Waals surface area contributed by atoms with Crippen molar-refractivity contribution in [1.29, 1.82) is 0 Å². The van der Waals surface area contributed by atoms with Crippen LogP contribution in [0.2, 0.25) is 0 Å². The van der Waals surface area contributed by atoms with E-state index in [2.05, 4.69) is 9.80 Å². The number of aliphatic hydroxyl groups excluding tert-OH is 1. The molecule has 2 heterocycles. The maximum atomic E-state index is 11.4. The van der Waals surface area contributed by atoms with Crippen LogP contribution in [0.4, 0.5) is 4.79 Å². The number of hydrogen-bond acceptors (Lipinski definition) is 6. The number of hydrogen-bond donors (Lipinski definition) is 1. The summed E-state index contributed by atoms with van der Waals surface area (Å²) >= 11 is 0. The van der Waals surface area contributed by atoms with E-state index in [0.717, 1.165) is 78.4 Å². The minimum atomic E-state index is -0.228. The largest absolute Gasteiger partial charge is 0.453 e. The fourth-order valence-electron chi connectivity index (χ4n) is 3.24. The van der Waals surface area contributed by atoms with E-state index >= 15 is 0 Å². The molecule has 2 fully saturated rings. The van der Waals surface area contributed by atoms with Crippen molar-refractivity contribution >= 4 is 6.09 Å². The smallest absolute Gasteiger partial charge is 0.409 e. The first-order chi connectivity index (χ1) is 11.2. The average Bonchev–Trinajstić information content (AvgIpc) is 2.60. The predicted molar refractivity (Wildman–Crippen MR) is 87.5 cm³/mol. The number of aliphatic hydroxyl groups is 1. The molecule has 2 aliphatic heterocycles. The van der Waals surface area contributed by atoms with Crippen molar-refractivity contribution in [3.8, 4) is 0 Å². The normalized spacial score (nSPS) is 21.6. The summed E-state index contributed by atoms with van der Waals surface area (Å²) in [6, 6.07) is 0. The lowest BCUT2D eigenvalue weighted by Crippen LogP contribution is -2.49. The third-order valence-corrected chi connectivity index (χ3v) is 4.83. The number of carbonyl (C=O) groups excluding carboxylic acids is 1. The number of carbonyl (C=O) groups is 1. The highest BCUT2D eigenvalue weighted by atomic mass is 16.5. The number of rotatable bonds is 7.